The molecule has 22 heavy (non-hydrogen) atoms. The summed E-state index contributed by atoms with van der Waals surface area (Å²) in [5.74, 6) is -0.302. The minimum atomic E-state index is -1.56. The summed E-state index contributed by atoms with van der Waals surface area (Å²) in [6.07, 6.45) is -3.13. The normalized spacial score (nSPS) is 22.9. The fraction of sp³-hybridized carbons (Fsp3) is 0.600. The van der Waals surface area contributed by atoms with Gasteiger partial charge in [-0.1, -0.05) is 13.8 Å². The van der Waals surface area contributed by atoms with Crippen molar-refractivity contribution in [3.63, 3.8) is 0 Å². The summed E-state index contributed by atoms with van der Waals surface area (Å²) in [4.78, 5) is 17.6. The third-order valence-electron chi connectivity index (χ3n) is 3.55. The topological polar surface area (TPSA) is 51.7 Å². The summed E-state index contributed by atoms with van der Waals surface area (Å²) < 4.78 is 36.7. The van der Waals surface area contributed by atoms with Gasteiger partial charge in [0.2, 0.25) is 0 Å². The number of methoxy groups -OCH3 is 1. The van der Waals surface area contributed by atoms with E-state index in [1.54, 1.807) is 6.07 Å². The molecule has 1 saturated heterocycles. The highest BCUT2D eigenvalue weighted by Gasteiger charge is 2.36. The van der Waals surface area contributed by atoms with E-state index in [4.69, 9.17) is 9.47 Å². The van der Waals surface area contributed by atoms with E-state index >= 15 is 0 Å². The maximum absolute atomic E-state index is 13.4. The number of nitrogens with zero attached hydrogens (tertiary/aromatic N) is 2. The van der Waals surface area contributed by atoms with Gasteiger partial charge in [-0.15, -0.1) is 0 Å². The van der Waals surface area contributed by atoms with E-state index < -0.39 is 18.3 Å². The highest BCUT2D eigenvalue weighted by atomic mass is 19.2. The van der Waals surface area contributed by atoms with E-state index in [0.29, 0.717) is 18.9 Å². The lowest BCUT2D eigenvalue weighted by Crippen LogP contribution is -2.25. The molecule has 0 radical (unpaired) electrons. The monoisotopic (exact) mass is 314 g/mol. The first-order valence-corrected chi connectivity index (χ1v) is 7.32. The molecule has 7 heteroatoms. The van der Waals surface area contributed by atoms with E-state index in [1.165, 1.54) is 12.0 Å². The van der Waals surface area contributed by atoms with E-state index in [1.807, 2.05) is 13.8 Å². The Morgan fingerprint density at radius 1 is 1.32 bits per heavy atom. The first kappa shape index (κ1) is 16.6. The van der Waals surface area contributed by atoms with Crippen LogP contribution in [-0.2, 0) is 22.7 Å². The van der Waals surface area contributed by atoms with Crippen LogP contribution < -0.4 is 4.90 Å². The zero-order valence-corrected chi connectivity index (χ0v) is 12.9. The fourth-order valence-electron chi connectivity index (χ4n) is 2.49. The molecule has 0 aromatic carbocycles. The van der Waals surface area contributed by atoms with Crippen LogP contribution in [0, 0.1) is 0 Å². The highest BCUT2D eigenvalue weighted by Crippen LogP contribution is 2.30. The quantitative estimate of drug-likeness (QED) is 0.785. The largest absolute Gasteiger partial charge is 0.465 e. The van der Waals surface area contributed by atoms with E-state index in [-0.39, 0.29) is 24.5 Å². The Kier molecular flexibility index (Phi) is 5.28. The van der Waals surface area contributed by atoms with Crippen LogP contribution >= 0.6 is 0 Å². The number of fused-ring (bicyclic) bond motifs is 1. The molecule has 1 aromatic heterocycles. The maximum Gasteiger partial charge on any atom is 0.341 e. The van der Waals surface area contributed by atoms with Crippen LogP contribution in [0.1, 0.15) is 35.5 Å². The molecule has 0 amide bonds. The lowest BCUT2D eigenvalue weighted by molar-refractivity contribution is 0.0601. The van der Waals surface area contributed by atoms with Gasteiger partial charge >= 0.3 is 5.97 Å². The second-order valence-electron chi connectivity index (χ2n) is 4.89. The molecular weight excluding hydrogens is 294 g/mol. The molecule has 0 saturated carbocycles. The summed E-state index contributed by atoms with van der Waals surface area (Å²) in [5, 5.41) is 0. The third-order valence-corrected chi connectivity index (χ3v) is 3.55. The zero-order valence-electron chi connectivity index (χ0n) is 12.9. The average molecular weight is 314 g/mol. The van der Waals surface area contributed by atoms with Gasteiger partial charge in [-0.2, -0.15) is 0 Å². The van der Waals surface area contributed by atoms with E-state index in [0.717, 1.165) is 5.56 Å². The van der Waals surface area contributed by atoms with Gasteiger partial charge in [-0.05, 0) is 6.07 Å². The van der Waals surface area contributed by atoms with Crippen LogP contribution in [0.3, 0.4) is 0 Å². The predicted octanol–water partition coefficient (Wildman–Crippen LogP) is 2.42. The van der Waals surface area contributed by atoms with E-state index in [9.17, 15) is 13.6 Å². The van der Waals surface area contributed by atoms with Crippen LogP contribution in [0.25, 0.3) is 0 Å². The van der Waals surface area contributed by atoms with Gasteiger partial charge in [0.1, 0.15) is 11.4 Å². The number of anilines is 1. The molecule has 3 heterocycles. The van der Waals surface area contributed by atoms with Crippen molar-refractivity contribution in [3.8, 4) is 0 Å². The number of rotatable bonds is 2. The van der Waals surface area contributed by atoms with E-state index in [2.05, 4.69) is 4.98 Å². The average Bonchev–Trinajstić information content (AvgIpc) is 3.13. The van der Waals surface area contributed by atoms with Crippen molar-refractivity contribution >= 4 is 11.8 Å². The van der Waals surface area contributed by atoms with Crippen molar-refractivity contribution in [3.05, 3.63) is 22.9 Å². The maximum atomic E-state index is 13.4. The van der Waals surface area contributed by atoms with Crippen LogP contribution in [-0.4, -0.2) is 43.5 Å². The predicted molar refractivity (Wildman–Crippen MR) is 77.4 cm³/mol. The van der Waals surface area contributed by atoms with Gasteiger partial charge < -0.3 is 14.4 Å². The summed E-state index contributed by atoms with van der Waals surface area (Å²) >= 11 is 0. The first-order valence-electron chi connectivity index (χ1n) is 7.32. The molecule has 2 atom stereocenters. The van der Waals surface area contributed by atoms with Crippen molar-refractivity contribution in [1.82, 2.24) is 4.98 Å². The zero-order chi connectivity index (χ0) is 16.3. The van der Waals surface area contributed by atoms with Crippen molar-refractivity contribution in [2.75, 3.05) is 25.1 Å². The van der Waals surface area contributed by atoms with Crippen molar-refractivity contribution in [2.45, 2.75) is 39.4 Å². The number of aromatic nitrogens is 1. The summed E-state index contributed by atoms with van der Waals surface area (Å²) in [6.45, 7) is 4.50. The molecule has 2 aliphatic rings. The van der Waals surface area contributed by atoms with Crippen LogP contribution in [0.5, 0.6) is 0 Å². The Morgan fingerprint density at radius 2 is 1.95 bits per heavy atom. The second kappa shape index (κ2) is 7.00. The molecule has 5 nitrogen and oxygen atoms in total. The molecule has 0 N–H and O–H groups in total. The number of ether oxygens (including phenoxy) is 2. The molecule has 1 fully saturated rings. The Labute approximate surface area is 128 Å². The molecule has 3 rings (SSSR count). The minimum Gasteiger partial charge on any atom is -0.465 e. The number of alkyl halides is 2. The van der Waals surface area contributed by atoms with Crippen LogP contribution in [0.4, 0.5) is 14.6 Å². The SMILES string of the molecule is CC.COC(=O)c1cc2c(nc1N1C[C@H](F)[C@@H](F)C1)COC2. The number of pyridine rings is 1. The van der Waals surface area contributed by atoms with Crippen molar-refractivity contribution in [1.29, 1.82) is 0 Å². The van der Waals surface area contributed by atoms with Gasteiger partial charge in [0.15, 0.2) is 12.3 Å². The smallest absolute Gasteiger partial charge is 0.341 e. The Balaban J connectivity index is 0.000000847. The number of halogens is 2. The van der Waals surface area contributed by atoms with Crippen molar-refractivity contribution in [2.24, 2.45) is 0 Å². The molecular formula is C15H20F2N2O3. The van der Waals surface area contributed by atoms with Crippen LogP contribution in [0.15, 0.2) is 6.07 Å². The summed E-state index contributed by atoms with van der Waals surface area (Å²) in [5.41, 5.74) is 1.73. The second-order valence-corrected chi connectivity index (χ2v) is 4.89. The Hall–Kier alpha value is -1.76. The molecule has 1 aromatic rings. The Morgan fingerprint density at radius 3 is 2.55 bits per heavy atom. The first-order chi connectivity index (χ1) is 10.6. The minimum absolute atomic E-state index is 0.113. The molecule has 0 aliphatic carbocycles. The molecule has 0 unspecified atom stereocenters. The summed E-state index contributed by atoms with van der Waals surface area (Å²) in [7, 11) is 1.26. The van der Waals surface area contributed by atoms with Crippen LogP contribution in [0.2, 0.25) is 0 Å². The molecule has 2 aliphatic heterocycles. The third kappa shape index (κ3) is 3.04. The number of esters is 1. The summed E-state index contributed by atoms with van der Waals surface area (Å²) in [6, 6.07) is 1.63. The number of carbonyl (C=O) groups excluding carboxylic acids is 1. The van der Waals surface area contributed by atoms with Gasteiger partial charge in [-0.3, -0.25) is 0 Å². The van der Waals surface area contributed by atoms with Gasteiger partial charge in [0.25, 0.3) is 0 Å². The lowest BCUT2D eigenvalue weighted by Gasteiger charge is -2.19. The fourth-order valence-corrected chi connectivity index (χ4v) is 2.49. The van der Waals surface area contributed by atoms with Gasteiger partial charge in [-0.25, -0.2) is 18.6 Å². The van der Waals surface area contributed by atoms with Gasteiger partial charge in [0, 0.05) is 5.56 Å². The highest BCUT2D eigenvalue weighted by molar-refractivity contribution is 5.95. The number of carbonyl (C=O) groups is 1. The number of hydrogen-bond acceptors (Lipinski definition) is 5. The lowest BCUT2D eigenvalue weighted by atomic mass is 10.1. The standard InChI is InChI=1S/C13H14F2N2O3.C2H6/c1-19-13(18)8-2-7-5-20-6-11(7)16-12(8)17-3-9(14)10(15)4-17;1-2/h2,9-10H,3-6H2,1H3;1-2H3/t9-,10-;/m0./s1. The van der Waals surface area contributed by atoms with Gasteiger partial charge in [0.05, 0.1) is 39.1 Å². The molecule has 0 bridgehead atoms. The Bertz CT molecular complexity index is 544. The van der Waals surface area contributed by atoms with Crippen molar-refractivity contribution < 1.29 is 23.0 Å². The molecule has 0 spiro atoms. The molecule has 122 valence electrons. The number of hydrogen-bond donors (Lipinski definition) is 0.